The molecule has 0 aromatic heterocycles. The van der Waals surface area contributed by atoms with Crippen molar-refractivity contribution >= 4 is 23.9 Å². The van der Waals surface area contributed by atoms with Crippen LogP contribution in [0.15, 0.2) is 36.0 Å². The summed E-state index contributed by atoms with van der Waals surface area (Å²) in [6.45, 7) is 0. The highest BCUT2D eigenvalue weighted by Gasteiger charge is 2.20. The lowest BCUT2D eigenvalue weighted by molar-refractivity contribution is -0.139. The van der Waals surface area contributed by atoms with Crippen molar-refractivity contribution in [2.75, 3.05) is 7.11 Å². The van der Waals surface area contributed by atoms with Gasteiger partial charge in [0.15, 0.2) is 0 Å². The first-order chi connectivity index (χ1) is 9.93. The Morgan fingerprint density at radius 1 is 1.33 bits per heavy atom. The van der Waals surface area contributed by atoms with Crippen LogP contribution >= 0.6 is 0 Å². The number of carbonyl (C=O) groups excluding carboxylic acids is 2. The lowest BCUT2D eigenvalue weighted by atomic mass is 10.1. The van der Waals surface area contributed by atoms with Crippen LogP contribution in [-0.4, -0.2) is 36.1 Å². The van der Waals surface area contributed by atoms with Crippen LogP contribution in [0.2, 0.25) is 0 Å². The Bertz CT molecular complexity index is 554. The molecule has 0 aliphatic heterocycles. The fourth-order valence-corrected chi connectivity index (χ4v) is 1.48. The van der Waals surface area contributed by atoms with E-state index in [9.17, 15) is 14.4 Å². The number of carbonyl (C=O) groups is 3. The molecule has 1 aromatic rings. The van der Waals surface area contributed by atoms with E-state index in [1.165, 1.54) is 13.2 Å². The van der Waals surface area contributed by atoms with Crippen LogP contribution in [0.1, 0.15) is 12.0 Å². The fraction of sp³-hybridized carbons (Fsp3) is 0.214. The predicted octanol–water partition coefficient (Wildman–Crippen LogP) is 0.119. The molecule has 0 aliphatic carbocycles. The molecule has 0 saturated carbocycles. The largest absolute Gasteiger partial charge is 0.481 e. The van der Waals surface area contributed by atoms with Gasteiger partial charge < -0.3 is 20.9 Å². The molecule has 1 aromatic carbocycles. The van der Waals surface area contributed by atoms with E-state index in [1.54, 1.807) is 30.3 Å². The second-order valence-corrected chi connectivity index (χ2v) is 4.15. The second-order valence-electron chi connectivity index (χ2n) is 4.15. The number of carboxylic acids is 1. The maximum absolute atomic E-state index is 11.8. The molecule has 0 radical (unpaired) electrons. The van der Waals surface area contributed by atoms with E-state index < -0.39 is 30.3 Å². The minimum Gasteiger partial charge on any atom is -0.481 e. The van der Waals surface area contributed by atoms with Crippen molar-refractivity contribution in [3.8, 4) is 0 Å². The molecular weight excluding hydrogens is 276 g/mol. The summed E-state index contributed by atoms with van der Waals surface area (Å²) < 4.78 is 4.57. The van der Waals surface area contributed by atoms with Gasteiger partial charge in [-0.2, -0.15) is 0 Å². The van der Waals surface area contributed by atoms with Crippen molar-refractivity contribution < 1.29 is 24.2 Å². The van der Waals surface area contributed by atoms with Crippen LogP contribution in [0.25, 0.3) is 6.08 Å². The van der Waals surface area contributed by atoms with Crippen LogP contribution in [0.4, 0.5) is 0 Å². The second kappa shape index (κ2) is 7.81. The zero-order valence-corrected chi connectivity index (χ0v) is 11.4. The van der Waals surface area contributed by atoms with E-state index in [0.717, 1.165) is 0 Å². The third kappa shape index (κ3) is 5.45. The fourth-order valence-electron chi connectivity index (χ4n) is 1.48. The number of nitrogens with two attached hydrogens (primary N) is 1. The summed E-state index contributed by atoms with van der Waals surface area (Å²) in [7, 11) is 1.17. The van der Waals surface area contributed by atoms with Crippen LogP contribution in [0.3, 0.4) is 0 Å². The summed E-state index contributed by atoms with van der Waals surface area (Å²) in [6.07, 6.45) is 0.878. The Morgan fingerprint density at radius 3 is 2.48 bits per heavy atom. The first-order valence-corrected chi connectivity index (χ1v) is 6.07. The van der Waals surface area contributed by atoms with E-state index in [-0.39, 0.29) is 5.70 Å². The monoisotopic (exact) mass is 292 g/mol. The number of esters is 1. The molecule has 0 spiro atoms. The number of aliphatic carboxylic acids is 1. The average Bonchev–Trinajstić information content (AvgIpc) is 2.46. The minimum atomic E-state index is -1.26. The highest BCUT2D eigenvalue weighted by atomic mass is 16.5. The normalized spacial score (nSPS) is 12.4. The predicted molar refractivity (Wildman–Crippen MR) is 74.8 cm³/mol. The van der Waals surface area contributed by atoms with E-state index in [2.05, 4.69) is 10.1 Å². The van der Waals surface area contributed by atoms with Gasteiger partial charge in [-0.25, -0.2) is 4.79 Å². The molecule has 1 atom stereocenters. The van der Waals surface area contributed by atoms with E-state index in [1.807, 2.05) is 0 Å². The smallest absolute Gasteiger partial charge is 0.354 e. The quantitative estimate of drug-likeness (QED) is 0.506. The SMILES string of the molecule is COC(=O)C(=Cc1ccccc1)NC(=O)[C@@H](N)CC(=O)O. The number of methoxy groups -OCH3 is 1. The van der Waals surface area contributed by atoms with Crippen LogP contribution in [0, 0.1) is 0 Å². The van der Waals surface area contributed by atoms with Crippen molar-refractivity contribution in [2.45, 2.75) is 12.5 Å². The summed E-state index contributed by atoms with van der Waals surface area (Å²) in [5.74, 6) is -2.73. The summed E-state index contributed by atoms with van der Waals surface area (Å²) in [6, 6.07) is 7.53. The Kier molecular flexibility index (Phi) is 6.09. The lowest BCUT2D eigenvalue weighted by Gasteiger charge is -2.12. The molecule has 0 unspecified atom stereocenters. The lowest BCUT2D eigenvalue weighted by Crippen LogP contribution is -2.42. The van der Waals surface area contributed by atoms with Gasteiger partial charge in [0, 0.05) is 0 Å². The average molecular weight is 292 g/mol. The van der Waals surface area contributed by atoms with Gasteiger partial charge in [0.25, 0.3) is 0 Å². The maximum atomic E-state index is 11.8. The van der Waals surface area contributed by atoms with Crippen molar-refractivity contribution in [1.82, 2.24) is 5.32 Å². The van der Waals surface area contributed by atoms with Gasteiger partial charge in [0.05, 0.1) is 19.6 Å². The van der Waals surface area contributed by atoms with Gasteiger partial charge in [-0.15, -0.1) is 0 Å². The van der Waals surface area contributed by atoms with Gasteiger partial charge in [-0.05, 0) is 11.6 Å². The molecule has 112 valence electrons. The van der Waals surface area contributed by atoms with Gasteiger partial charge >= 0.3 is 11.9 Å². The first-order valence-electron chi connectivity index (χ1n) is 6.07. The van der Waals surface area contributed by atoms with Crippen molar-refractivity contribution in [1.29, 1.82) is 0 Å². The molecule has 1 amide bonds. The van der Waals surface area contributed by atoms with Crippen molar-refractivity contribution in [3.05, 3.63) is 41.6 Å². The molecule has 0 bridgehead atoms. The summed E-state index contributed by atoms with van der Waals surface area (Å²) in [4.78, 5) is 33.9. The van der Waals surface area contributed by atoms with Crippen LogP contribution in [0.5, 0.6) is 0 Å². The topological polar surface area (TPSA) is 119 Å². The van der Waals surface area contributed by atoms with Crippen LogP contribution < -0.4 is 11.1 Å². The Labute approximate surface area is 121 Å². The molecule has 4 N–H and O–H groups in total. The summed E-state index contributed by atoms with van der Waals surface area (Å²) in [5, 5.41) is 10.9. The molecule has 0 heterocycles. The third-order valence-electron chi connectivity index (χ3n) is 2.51. The maximum Gasteiger partial charge on any atom is 0.354 e. The molecule has 1 rings (SSSR count). The van der Waals surface area contributed by atoms with E-state index in [0.29, 0.717) is 5.56 Å². The van der Waals surface area contributed by atoms with Gasteiger partial charge in [0.2, 0.25) is 5.91 Å². The molecule has 0 aliphatic rings. The van der Waals surface area contributed by atoms with E-state index in [4.69, 9.17) is 10.8 Å². The van der Waals surface area contributed by atoms with Crippen LogP contribution in [-0.2, 0) is 19.1 Å². The molecule has 0 fully saturated rings. The number of hydrogen-bond acceptors (Lipinski definition) is 5. The molecule has 21 heavy (non-hydrogen) atoms. The number of benzene rings is 1. The first kappa shape index (κ1) is 16.4. The standard InChI is InChI=1S/C14H16N2O5/c1-21-14(20)11(7-9-5-3-2-4-6-9)16-13(19)10(15)8-12(17)18/h2-7,10H,8,15H2,1H3,(H,16,19)(H,17,18)/t10-/m0/s1. The molecular formula is C14H16N2O5. The van der Waals surface area contributed by atoms with Gasteiger partial charge in [-0.3, -0.25) is 9.59 Å². The minimum absolute atomic E-state index is 0.116. The number of nitrogens with one attached hydrogen (secondary N) is 1. The molecule has 0 saturated heterocycles. The number of carboxylic acid groups (broad SMARTS) is 1. The number of rotatable bonds is 6. The number of ether oxygens (including phenoxy) is 1. The van der Waals surface area contributed by atoms with Gasteiger partial charge in [0.1, 0.15) is 5.70 Å². The Balaban J connectivity index is 2.90. The van der Waals surface area contributed by atoms with Gasteiger partial charge in [-0.1, -0.05) is 30.3 Å². The molecule has 7 heteroatoms. The van der Waals surface area contributed by atoms with Crippen molar-refractivity contribution in [2.24, 2.45) is 5.73 Å². The zero-order valence-electron chi connectivity index (χ0n) is 11.4. The Hall–Kier alpha value is -2.67. The number of amides is 1. The highest BCUT2D eigenvalue weighted by molar-refractivity contribution is 5.99. The number of hydrogen-bond donors (Lipinski definition) is 3. The Morgan fingerprint density at radius 2 is 1.95 bits per heavy atom. The summed E-state index contributed by atoms with van der Waals surface area (Å²) >= 11 is 0. The highest BCUT2D eigenvalue weighted by Crippen LogP contribution is 2.06. The summed E-state index contributed by atoms with van der Waals surface area (Å²) in [5.41, 5.74) is 5.98. The van der Waals surface area contributed by atoms with Crippen molar-refractivity contribution in [3.63, 3.8) is 0 Å². The van der Waals surface area contributed by atoms with E-state index >= 15 is 0 Å². The zero-order chi connectivity index (χ0) is 15.8. The molecule has 7 nitrogen and oxygen atoms in total. The third-order valence-corrected chi connectivity index (χ3v) is 2.51.